The Morgan fingerprint density at radius 3 is 2.28 bits per heavy atom. The second kappa shape index (κ2) is 5.39. The molecule has 1 fully saturated rings. The average Bonchev–Trinajstić information content (AvgIpc) is 2.92. The minimum atomic E-state index is -0.659. The molecule has 1 aromatic rings. The largest absolute Gasteiger partial charge is 0.391 e. The highest BCUT2D eigenvalue weighted by atomic mass is 16.3. The maximum Gasteiger partial charge on any atom is 0.262 e. The lowest BCUT2D eigenvalue weighted by molar-refractivity contribution is 0.0394. The molecule has 1 saturated heterocycles. The van der Waals surface area contributed by atoms with Gasteiger partial charge in [-0.3, -0.25) is 19.3 Å². The van der Waals surface area contributed by atoms with E-state index in [9.17, 15) is 19.5 Å². The van der Waals surface area contributed by atoms with Crippen LogP contribution in [0, 0.1) is 0 Å². The summed E-state index contributed by atoms with van der Waals surface area (Å²) >= 11 is 0. The smallest absolute Gasteiger partial charge is 0.262 e. The molecule has 0 aliphatic carbocycles. The van der Waals surface area contributed by atoms with Crippen LogP contribution in [0.15, 0.2) is 18.2 Å². The molecule has 6 nitrogen and oxygen atoms in total. The summed E-state index contributed by atoms with van der Waals surface area (Å²) < 4.78 is 0. The van der Waals surface area contributed by atoms with Crippen molar-refractivity contribution in [2.75, 3.05) is 6.54 Å². The monoisotopic (exact) mass is 344 g/mol. The molecule has 2 heterocycles. The van der Waals surface area contributed by atoms with Gasteiger partial charge in [-0.15, -0.1) is 0 Å². The SMILES string of the molecule is CC(C)(C)N1C(=O)c2ccc(C(=O)N3CCC(O)C3(C)C)cc2C1=O. The number of hydrogen-bond donors (Lipinski definition) is 1. The first-order chi connectivity index (χ1) is 11.5. The lowest BCUT2D eigenvalue weighted by Gasteiger charge is -2.33. The van der Waals surface area contributed by atoms with Crippen molar-refractivity contribution >= 4 is 17.7 Å². The third-order valence-corrected chi connectivity index (χ3v) is 5.19. The van der Waals surface area contributed by atoms with E-state index in [1.807, 2.05) is 13.8 Å². The normalized spacial score (nSPS) is 22.6. The first-order valence-corrected chi connectivity index (χ1v) is 8.49. The molecule has 0 bridgehead atoms. The lowest BCUT2D eigenvalue weighted by Crippen LogP contribution is -2.48. The van der Waals surface area contributed by atoms with Gasteiger partial charge in [0.25, 0.3) is 17.7 Å². The molecule has 2 aliphatic rings. The minimum absolute atomic E-state index is 0.237. The molecule has 2 aliphatic heterocycles. The molecular weight excluding hydrogens is 320 g/mol. The Kier molecular flexibility index (Phi) is 3.80. The molecule has 3 rings (SSSR count). The van der Waals surface area contributed by atoms with E-state index in [4.69, 9.17) is 0 Å². The van der Waals surface area contributed by atoms with Crippen molar-refractivity contribution in [1.82, 2.24) is 9.80 Å². The number of carbonyl (C=O) groups excluding carboxylic acids is 3. The molecule has 0 saturated carbocycles. The third kappa shape index (κ3) is 2.56. The summed E-state index contributed by atoms with van der Waals surface area (Å²) in [6, 6.07) is 4.64. The van der Waals surface area contributed by atoms with E-state index >= 15 is 0 Å². The van der Waals surface area contributed by atoms with Gasteiger partial charge in [0.05, 0.1) is 22.8 Å². The Balaban J connectivity index is 1.97. The van der Waals surface area contributed by atoms with Gasteiger partial charge in [-0.25, -0.2) is 0 Å². The zero-order chi connectivity index (χ0) is 18.7. The van der Waals surface area contributed by atoms with E-state index in [1.54, 1.807) is 37.8 Å². The average molecular weight is 344 g/mol. The standard InChI is InChI=1S/C19H24N2O4/c1-18(2,3)21-16(24)12-7-6-11(10-13(12)17(21)25)15(23)20-9-8-14(22)19(20,4)5/h6-7,10,14,22H,8-9H2,1-5H3. The van der Waals surface area contributed by atoms with Crippen molar-refractivity contribution in [3.63, 3.8) is 0 Å². The van der Waals surface area contributed by atoms with Crippen LogP contribution in [-0.4, -0.2) is 56.4 Å². The number of benzene rings is 1. The van der Waals surface area contributed by atoms with Crippen molar-refractivity contribution in [2.45, 2.75) is 58.2 Å². The molecule has 3 amide bonds. The van der Waals surface area contributed by atoms with Gasteiger partial charge in [-0.2, -0.15) is 0 Å². The summed E-state index contributed by atoms with van der Waals surface area (Å²) in [5.41, 5.74) is -0.329. The van der Waals surface area contributed by atoms with Gasteiger partial charge in [0.1, 0.15) is 0 Å². The number of nitrogens with zero attached hydrogens (tertiary/aromatic N) is 2. The lowest BCUT2D eigenvalue weighted by atomic mass is 9.97. The zero-order valence-corrected chi connectivity index (χ0v) is 15.3. The Hall–Kier alpha value is -2.21. The minimum Gasteiger partial charge on any atom is -0.391 e. The number of imide groups is 1. The van der Waals surface area contributed by atoms with Crippen LogP contribution in [0.5, 0.6) is 0 Å². The highest BCUT2D eigenvalue weighted by Crippen LogP contribution is 2.33. The van der Waals surface area contributed by atoms with Gasteiger partial charge in [0.2, 0.25) is 0 Å². The van der Waals surface area contributed by atoms with Crippen molar-refractivity contribution in [1.29, 1.82) is 0 Å². The van der Waals surface area contributed by atoms with Crippen LogP contribution >= 0.6 is 0 Å². The van der Waals surface area contributed by atoms with Crippen molar-refractivity contribution in [3.8, 4) is 0 Å². The molecule has 1 atom stereocenters. The molecule has 1 unspecified atom stereocenters. The zero-order valence-electron chi connectivity index (χ0n) is 15.3. The van der Waals surface area contributed by atoms with Crippen LogP contribution in [0.4, 0.5) is 0 Å². The highest BCUT2D eigenvalue weighted by Gasteiger charge is 2.45. The van der Waals surface area contributed by atoms with Gasteiger partial charge in [-0.1, -0.05) is 0 Å². The summed E-state index contributed by atoms with van der Waals surface area (Å²) in [5.74, 6) is -0.940. The summed E-state index contributed by atoms with van der Waals surface area (Å²) in [7, 11) is 0. The molecular formula is C19H24N2O4. The highest BCUT2D eigenvalue weighted by molar-refractivity contribution is 6.22. The number of amides is 3. The Bertz CT molecular complexity index is 776. The predicted molar refractivity (Wildman–Crippen MR) is 92.4 cm³/mol. The summed E-state index contributed by atoms with van der Waals surface area (Å²) in [6.07, 6.45) is -0.0516. The van der Waals surface area contributed by atoms with Gasteiger partial charge < -0.3 is 10.0 Å². The number of aliphatic hydroxyl groups is 1. The quantitative estimate of drug-likeness (QED) is 0.791. The van der Waals surface area contributed by atoms with E-state index in [0.717, 1.165) is 0 Å². The van der Waals surface area contributed by atoms with Crippen LogP contribution in [0.3, 0.4) is 0 Å². The predicted octanol–water partition coefficient (Wildman–Crippen LogP) is 2.07. The molecule has 1 N–H and O–H groups in total. The van der Waals surface area contributed by atoms with Gasteiger partial charge in [-0.05, 0) is 59.2 Å². The maximum atomic E-state index is 12.9. The first-order valence-electron chi connectivity index (χ1n) is 8.49. The van der Waals surface area contributed by atoms with Gasteiger partial charge in [0.15, 0.2) is 0 Å². The van der Waals surface area contributed by atoms with Gasteiger partial charge >= 0.3 is 0 Å². The number of fused-ring (bicyclic) bond motifs is 1. The van der Waals surface area contributed by atoms with Crippen molar-refractivity contribution in [3.05, 3.63) is 34.9 Å². The molecule has 1 aromatic carbocycles. The van der Waals surface area contributed by atoms with Crippen LogP contribution in [0.25, 0.3) is 0 Å². The van der Waals surface area contributed by atoms with E-state index in [2.05, 4.69) is 0 Å². The second-order valence-corrected chi connectivity index (χ2v) is 8.29. The number of rotatable bonds is 1. The number of carbonyl (C=O) groups is 3. The maximum absolute atomic E-state index is 12.9. The first kappa shape index (κ1) is 17.6. The topological polar surface area (TPSA) is 77.9 Å². The van der Waals surface area contributed by atoms with Crippen molar-refractivity contribution in [2.24, 2.45) is 0 Å². The fourth-order valence-electron chi connectivity index (χ4n) is 3.57. The molecule has 6 heteroatoms. The summed E-state index contributed by atoms with van der Waals surface area (Å²) in [4.78, 5) is 40.9. The fraction of sp³-hybridized carbons (Fsp3) is 0.526. The Labute approximate surface area is 147 Å². The van der Waals surface area contributed by atoms with Gasteiger partial charge in [0, 0.05) is 17.6 Å². The van der Waals surface area contributed by atoms with E-state index < -0.39 is 17.2 Å². The van der Waals surface area contributed by atoms with Crippen LogP contribution in [0.1, 0.15) is 72.1 Å². The fourth-order valence-corrected chi connectivity index (χ4v) is 3.57. The molecule has 0 aromatic heterocycles. The van der Waals surface area contributed by atoms with Crippen LogP contribution in [-0.2, 0) is 0 Å². The molecule has 0 spiro atoms. The van der Waals surface area contributed by atoms with Crippen LogP contribution < -0.4 is 0 Å². The second-order valence-electron chi connectivity index (χ2n) is 8.29. The van der Waals surface area contributed by atoms with E-state index in [0.29, 0.717) is 24.1 Å². The molecule has 134 valence electrons. The van der Waals surface area contributed by atoms with Crippen LogP contribution in [0.2, 0.25) is 0 Å². The molecule has 25 heavy (non-hydrogen) atoms. The summed E-state index contributed by atoms with van der Waals surface area (Å²) in [6.45, 7) is 9.52. The number of hydrogen-bond acceptors (Lipinski definition) is 4. The Morgan fingerprint density at radius 2 is 1.76 bits per heavy atom. The number of likely N-dealkylation sites (tertiary alicyclic amines) is 1. The Morgan fingerprint density at radius 1 is 1.16 bits per heavy atom. The summed E-state index contributed by atoms with van der Waals surface area (Å²) in [5, 5.41) is 10.1. The van der Waals surface area contributed by atoms with E-state index in [-0.39, 0.29) is 23.3 Å². The van der Waals surface area contributed by atoms with E-state index in [1.165, 1.54) is 11.0 Å². The third-order valence-electron chi connectivity index (χ3n) is 5.19. The number of aliphatic hydroxyl groups excluding tert-OH is 1. The molecule has 0 radical (unpaired) electrons. The van der Waals surface area contributed by atoms with Crippen molar-refractivity contribution < 1.29 is 19.5 Å².